The molecule has 1 saturated heterocycles. The maximum atomic E-state index is 5.09. The zero-order chi connectivity index (χ0) is 16.2. The summed E-state index contributed by atoms with van der Waals surface area (Å²) >= 11 is 0. The fourth-order valence-corrected chi connectivity index (χ4v) is 2.52. The first-order valence-corrected chi connectivity index (χ1v) is 7.52. The Morgan fingerprint density at radius 2 is 2.00 bits per heavy atom. The minimum atomic E-state index is 0.311. The molecule has 0 radical (unpaired) electrons. The van der Waals surface area contributed by atoms with Crippen molar-refractivity contribution in [3.63, 3.8) is 0 Å². The monoisotopic (exact) mass is 315 g/mol. The molecule has 3 rings (SSSR count). The molecule has 0 bridgehead atoms. The third-order valence-corrected chi connectivity index (χ3v) is 3.78. The number of rotatable bonds is 5. The van der Waals surface area contributed by atoms with Crippen molar-refractivity contribution in [1.29, 1.82) is 0 Å². The summed E-state index contributed by atoms with van der Waals surface area (Å²) < 4.78 is 5.09. The Labute approximate surface area is 135 Å². The Morgan fingerprint density at radius 3 is 2.70 bits per heavy atom. The van der Waals surface area contributed by atoms with Gasteiger partial charge in [0.25, 0.3) is 0 Å². The van der Waals surface area contributed by atoms with E-state index in [1.165, 1.54) is 0 Å². The van der Waals surface area contributed by atoms with Crippen LogP contribution in [0.3, 0.4) is 0 Å². The van der Waals surface area contributed by atoms with Crippen LogP contribution in [0.2, 0.25) is 0 Å². The molecular formula is C15H21N7O. The van der Waals surface area contributed by atoms with Gasteiger partial charge >= 0.3 is 0 Å². The van der Waals surface area contributed by atoms with Crippen LogP contribution in [0.4, 0.5) is 17.6 Å². The number of hydrogen-bond donors (Lipinski definition) is 1. The average molecular weight is 315 g/mol. The molecule has 1 fully saturated rings. The number of nitrogens with one attached hydrogen (secondary N) is 1. The van der Waals surface area contributed by atoms with Crippen molar-refractivity contribution in [1.82, 2.24) is 19.9 Å². The lowest BCUT2D eigenvalue weighted by molar-refractivity contribution is 0.410. The van der Waals surface area contributed by atoms with Crippen LogP contribution in [0.25, 0.3) is 0 Å². The van der Waals surface area contributed by atoms with E-state index in [2.05, 4.69) is 30.2 Å². The van der Waals surface area contributed by atoms with Crippen molar-refractivity contribution in [2.45, 2.75) is 12.5 Å². The van der Waals surface area contributed by atoms with Gasteiger partial charge in [-0.1, -0.05) is 0 Å². The van der Waals surface area contributed by atoms with Gasteiger partial charge in [-0.2, -0.15) is 0 Å². The molecule has 1 aliphatic rings. The number of anilines is 3. The highest BCUT2D eigenvalue weighted by molar-refractivity contribution is 5.48. The van der Waals surface area contributed by atoms with Gasteiger partial charge in [-0.05, 0) is 6.42 Å². The van der Waals surface area contributed by atoms with Gasteiger partial charge in [0.2, 0.25) is 5.95 Å². The standard InChI is InChI=1S/C15H21N7O/c1-21(2)14-6-13(18-10-19-14)20-11-4-5-22(9-11)15-16-7-12(23-3)8-17-15/h6-8,10-11H,4-5,9H2,1-3H3,(H,18,19,20). The second-order valence-corrected chi connectivity index (χ2v) is 5.65. The molecule has 8 heteroatoms. The molecule has 0 saturated carbocycles. The van der Waals surface area contributed by atoms with Gasteiger partial charge in [-0.25, -0.2) is 19.9 Å². The van der Waals surface area contributed by atoms with E-state index in [-0.39, 0.29) is 0 Å². The SMILES string of the molecule is COc1cnc(N2CCC(Nc3cc(N(C)C)ncn3)C2)nc1. The summed E-state index contributed by atoms with van der Waals surface area (Å²) in [7, 11) is 5.53. The highest BCUT2D eigenvalue weighted by Crippen LogP contribution is 2.20. The lowest BCUT2D eigenvalue weighted by Gasteiger charge is -2.18. The van der Waals surface area contributed by atoms with E-state index < -0.39 is 0 Å². The topological polar surface area (TPSA) is 79.3 Å². The van der Waals surface area contributed by atoms with E-state index in [4.69, 9.17) is 4.74 Å². The lowest BCUT2D eigenvalue weighted by atomic mass is 10.2. The first kappa shape index (κ1) is 15.3. The molecule has 1 aliphatic heterocycles. The summed E-state index contributed by atoms with van der Waals surface area (Å²) in [6, 6.07) is 2.26. The van der Waals surface area contributed by atoms with Crippen LogP contribution in [-0.4, -0.2) is 60.3 Å². The van der Waals surface area contributed by atoms with Crippen LogP contribution in [-0.2, 0) is 0 Å². The fourth-order valence-electron chi connectivity index (χ4n) is 2.52. The predicted molar refractivity (Wildman–Crippen MR) is 89.2 cm³/mol. The predicted octanol–water partition coefficient (Wildman–Crippen LogP) is 1.03. The highest BCUT2D eigenvalue weighted by Gasteiger charge is 2.24. The second kappa shape index (κ2) is 6.64. The van der Waals surface area contributed by atoms with Crippen LogP contribution < -0.4 is 19.9 Å². The molecule has 0 aliphatic carbocycles. The number of hydrogen-bond acceptors (Lipinski definition) is 8. The number of ether oxygens (including phenoxy) is 1. The van der Waals surface area contributed by atoms with Crippen molar-refractivity contribution >= 4 is 17.6 Å². The number of aromatic nitrogens is 4. The summed E-state index contributed by atoms with van der Waals surface area (Å²) in [5, 5.41) is 3.46. The summed E-state index contributed by atoms with van der Waals surface area (Å²) in [5.41, 5.74) is 0. The van der Waals surface area contributed by atoms with Crippen molar-refractivity contribution in [3.05, 3.63) is 24.8 Å². The van der Waals surface area contributed by atoms with E-state index in [1.807, 2.05) is 25.1 Å². The molecule has 2 aromatic heterocycles. The summed E-state index contributed by atoms with van der Waals surface area (Å²) in [4.78, 5) is 21.3. The largest absolute Gasteiger partial charge is 0.494 e. The van der Waals surface area contributed by atoms with Gasteiger partial charge in [-0.15, -0.1) is 0 Å². The molecule has 1 atom stereocenters. The first-order valence-electron chi connectivity index (χ1n) is 7.52. The van der Waals surface area contributed by atoms with E-state index in [1.54, 1.807) is 25.8 Å². The van der Waals surface area contributed by atoms with Gasteiger partial charge in [0.05, 0.1) is 19.5 Å². The zero-order valence-corrected chi connectivity index (χ0v) is 13.6. The summed E-state index contributed by atoms with van der Waals surface area (Å²) in [6.07, 6.45) is 5.97. The van der Waals surface area contributed by atoms with Crippen molar-refractivity contribution < 1.29 is 4.74 Å². The van der Waals surface area contributed by atoms with E-state index in [9.17, 15) is 0 Å². The Balaban J connectivity index is 1.62. The molecule has 1 unspecified atom stereocenters. The Kier molecular flexibility index (Phi) is 4.40. The normalized spacial score (nSPS) is 17.2. The van der Waals surface area contributed by atoms with Crippen LogP contribution in [0.5, 0.6) is 5.75 Å². The van der Waals surface area contributed by atoms with Crippen LogP contribution in [0, 0.1) is 0 Å². The van der Waals surface area contributed by atoms with Gasteiger partial charge in [0, 0.05) is 39.3 Å². The smallest absolute Gasteiger partial charge is 0.225 e. The molecule has 8 nitrogen and oxygen atoms in total. The zero-order valence-electron chi connectivity index (χ0n) is 13.6. The Hall–Kier alpha value is -2.64. The molecule has 0 aromatic carbocycles. The van der Waals surface area contributed by atoms with Crippen LogP contribution in [0.1, 0.15) is 6.42 Å². The summed E-state index contributed by atoms with van der Waals surface area (Å²) in [5.74, 6) is 3.12. The quantitative estimate of drug-likeness (QED) is 0.876. The molecule has 3 heterocycles. The minimum absolute atomic E-state index is 0.311. The second-order valence-electron chi connectivity index (χ2n) is 5.65. The Bertz CT molecular complexity index is 647. The third-order valence-electron chi connectivity index (χ3n) is 3.78. The molecule has 0 amide bonds. The maximum Gasteiger partial charge on any atom is 0.225 e. The van der Waals surface area contributed by atoms with E-state index in [0.29, 0.717) is 11.8 Å². The first-order chi connectivity index (χ1) is 11.2. The van der Waals surface area contributed by atoms with Gasteiger partial charge in [-0.3, -0.25) is 0 Å². The number of methoxy groups -OCH3 is 1. The molecule has 122 valence electrons. The minimum Gasteiger partial charge on any atom is -0.494 e. The van der Waals surface area contributed by atoms with Crippen LogP contribution >= 0.6 is 0 Å². The highest BCUT2D eigenvalue weighted by atomic mass is 16.5. The third kappa shape index (κ3) is 3.58. The molecular weight excluding hydrogens is 294 g/mol. The fraction of sp³-hybridized carbons (Fsp3) is 0.467. The average Bonchev–Trinajstić information content (AvgIpc) is 3.03. The van der Waals surface area contributed by atoms with Crippen molar-refractivity contribution in [2.75, 3.05) is 49.4 Å². The lowest BCUT2D eigenvalue weighted by Crippen LogP contribution is -2.27. The van der Waals surface area contributed by atoms with Crippen molar-refractivity contribution in [3.8, 4) is 5.75 Å². The van der Waals surface area contributed by atoms with Gasteiger partial charge in [0.15, 0.2) is 5.75 Å². The number of nitrogens with zero attached hydrogens (tertiary/aromatic N) is 6. The Morgan fingerprint density at radius 1 is 1.22 bits per heavy atom. The van der Waals surface area contributed by atoms with Gasteiger partial charge < -0.3 is 19.9 Å². The molecule has 2 aromatic rings. The maximum absolute atomic E-state index is 5.09. The van der Waals surface area contributed by atoms with E-state index >= 15 is 0 Å². The molecule has 1 N–H and O–H groups in total. The van der Waals surface area contributed by atoms with Crippen molar-refractivity contribution in [2.24, 2.45) is 0 Å². The summed E-state index contributed by atoms with van der Waals surface area (Å²) in [6.45, 7) is 1.75. The van der Waals surface area contributed by atoms with Gasteiger partial charge in [0.1, 0.15) is 18.0 Å². The molecule has 23 heavy (non-hydrogen) atoms. The van der Waals surface area contributed by atoms with Crippen LogP contribution in [0.15, 0.2) is 24.8 Å². The molecule has 0 spiro atoms. The van der Waals surface area contributed by atoms with E-state index in [0.717, 1.165) is 37.1 Å².